The predicted molar refractivity (Wildman–Crippen MR) is 195 cm³/mol. The maximum Gasteiger partial charge on any atom is 0.411 e. The summed E-state index contributed by atoms with van der Waals surface area (Å²) in [6, 6.07) is 20.2. The molecule has 0 saturated carbocycles. The molecule has 4 radical (unpaired) electrons. The molecular formula is C35H46N4O9Si2. The zero-order valence-electron chi connectivity index (χ0n) is 28.5. The third-order valence-corrected chi connectivity index (χ3v) is 7.89. The molecule has 0 fully saturated rings. The van der Waals surface area contributed by atoms with Crippen molar-refractivity contribution in [2.75, 3.05) is 81.1 Å². The quantitative estimate of drug-likeness (QED) is 0.0799. The number of rotatable bonds is 21. The van der Waals surface area contributed by atoms with E-state index in [2.05, 4.69) is 16.0 Å². The molecular weight excluding hydrogens is 677 g/mol. The molecule has 0 heterocycles. The molecule has 0 aromatic heterocycles. The van der Waals surface area contributed by atoms with Crippen molar-refractivity contribution in [3.05, 3.63) is 89.0 Å². The fraction of sp³-hybridized carbons (Fsp3) is 0.400. The van der Waals surface area contributed by atoms with E-state index in [0.717, 1.165) is 22.3 Å². The Morgan fingerprint density at radius 3 is 1.56 bits per heavy atom. The highest BCUT2D eigenvalue weighted by Crippen LogP contribution is 2.23. The average Bonchev–Trinajstić information content (AvgIpc) is 3.08. The van der Waals surface area contributed by atoms with E-state index >= 15 is 0 Å². The summed E-state index contributed by atoms with van der Waals surface area (Å²) in [4.78, 5) is 39.0. The highest BCUT2D eigenvalue weighted by Gasteiger charge is 2.14. The van der Waals surface area contributed by atoms with Crippen LogP contribution < -0.4 is 16.0 Å². The van der Waals surface area contributed by atoms with Gasteiger partial charge < -0.3 is 39.4 Å². The molecule has 4 amide bonds. The number of carbonyl (C=O) groups is 3. The van der Waals surface area contributed by atoms with Gasteiger partial charge in [0.05, 0.1) is 45.5 Å². The molecule has 15 heteroatoms. The van der Waals surface area contributed by atoms with Gasteiger partial charge in [-0.25, -0.2) is 14.4 Å². The van der Waals surface area contributed by atoms with Crippen molar-refractivity contribution in [3.8, 4) is 0 Å². The molecule has 0 atom stereocenters. The third-order valence-electron chi connectivity index (χ3n) is 6.91. The Morgan fingerprint density at radius 1 is 0.620 bits per heavy atom. The Balaban J connectivity index is 1.76. The van der Waals surface area contributed by atoms with Gasteiger partial charge in [0.15, 0.2) is 0 Å². The Labute approximate surface area is 298 Å². The number of carbonyl (C=O) groups excluding carboxylic acids is 3. The van der Waals surface area contributed by atoms with Crippen molar-refractivity contribution < 1.29 is 43.5 Å². The fourth-order valence-electron chi connectivity index (χ4n) is 4.83. The van der Waals surface area contributed by atoms with Crippen LogP contribution in [0.5, 0.6) is 0 Å². The van der Waals surface area contributed by atoms with Crippen molar-refractivity contribution >= 4 is 54.3 Å². The largest absolute Gasteiger partial charge is 0.447 e. The first-order chi connectivity index (χ1) is 24.3. The third kappa shape index (κ3) is 15.5. The number of benzene rings is 3. The topological polar surface area (TPSA) is 168 Å². The van der Waals surface area contributed by atoms with Crippen molar-refractivity contribution in [1.82, 2.24) is 4.90 Å². The number of amides is 4. The SMILES string of the molecule is C[Si]COCCOC(=O)Nc1cccc(Cc2cc(Cc3cccc(NC(=O)N(CCO)CCO)c3)cc(NC(=O)OCCOC[Si]C)c2)c1. The second kappa shape index (κ2) is 23.2. The molecule has 13 nitrogen and oxygen atoms in total. The molecule has 5 N–H and O–H groups in total. The molecule has 0 spiro atoms. The maximum absolute atomic E-state index is 12.7. The highest BCUT2D eigenvalue weighted by molar-refractivity contribution is 6.33. The molecule has 268 valence electrons. The van der Waals surface area contributed by atoms with Crippen molar-refractivity contribution in [1.29, 1.82) is 0 Å². The fourth-order valence-corrected chi connectivity index (χ4v) is 5.53. The van der Waals surface area contributed by atoms with E-state index in [4.69, 9.17) is 18.9 Å². The lowest BCUT2D eigenvalue weighted by molar-refractivity contribution is 0.0985. The van der Waals surface area contributed by atoms with E-state index < -0.39 is 18.2 Å². The van der Waals surface area contributed by atoms with Crippen LogP contribution in [0.2, 0.25) is 13.1 Å². The standard InChI is InChI=1S/C35H46N4O9Si2/c1-49-24-45-13-15-47-34(43)37-31-8-4-6-27(21-31)18-29-19-28(22-32(23-29)38-35(44)48-16-14-46-25-50-2)17-26-5-3-7-30(20-26)36-33(42)39(9-11-40)10-12-41/h3-8,19-23,40-41H,9-18,24-25H2,1-2H3,(H,36,42)(H,37,43)(H,38,44). The van der Waals surface area contributed by atoms with Gasteiger partial charge in [-0.3, -0.25) is 10.6 Å². The second-order valence-corrected chi connectivity index (χ2v) is 13.0. The number of hydrogen-bond acceptors (Lipinski definition) is 9. The highest BCUT2D eigenvalue weighted by atomic mass is 28.2. The Kier molecular flexibility index (Phi) is 18.6. The number of urea groups is 1. The van der Waals surface area contributed by atoms with Crippen LogP contribution in [-0.2, 0) is 31.8 Å². The maximum atomic E-state index is 12.7. The number of aliphatic hydroxyl groups excluding tert-OH is 2. The van der Waals surface area contributed by atoms with E-state index in [1.165, 1.54) is 4.90 Å². The lowest BCUT2D eigenvalue weighted by atomic mass is 9.98. The summed E-state index contributed by atoms with van der Waals surface area (Å²) in [5.74, 6) is 0. The van der Waals surface area contributed by atoms with Crippen LogP contribution in [0.15, 0.2) is 66.7 Å². The minimum Gasteiger partial charge on any atom is -0.447 e. The summed E-state index contributed by atoms with van der Waals surface area (Å²) in [6.07, 6.45) is 1.09. The minimum absolute atomic E-state index is 0.0982. The van der Waals surface area contributed by atoms with Gasteiger partial charge in [0.1, 0.15) is 13.2 Å². The number of aliphatic hydroxyl groups is 2. The van der Waals surface area contributed by atoms with Crippen LogP contribution in [0.3, 0.4) is 0 Å². The van der Waals surface area contributed by atoms with Crippen LogP contribution in [0, 0.1) is 0 Å². The Hall–Kier alpha value is -4.26. The lowest BCUT2D eigenvalue weighted by Crippen LogP contribution is -2.38. The number of anilines is 3. The van der Waals surface area contributed by atoms with Crippen molar-refractivity contribution in [2.45, 2.75) is 25.9 Å². The smallest absolute Gasteiger partial charge is 0.411 e. The van der Waals surface area contributed by atoms with Crippen LogP contribution in [0.25, 0.3) is 0 Å². The molecule has 0 saturated heterocycles. The van der Waals surface area contributed by atoms with Gasteiger partial charge in [0, 0.05) is 42.6 Å². The second-order valence-electron chi connectivity index (χ2n) is 11.0. The number of nitrogens with one attached hydrogen (secondary N) is 3. The van der Waals surface area contributed by atoms with Crippen LogP contribution >= 0.6 is 0 Å². The predicted octanol–water partition coefficient (Wildman–Crippen LogP) is 4.24. The minimum atomic E-state index is -0.596. The first-order valence-corrected chi connectivity index (χ1v) is 19.7. The molecule has 0 aliphatic heterocycles. The monoisotopic (exact) mass is 722 g/mol. The van der Waals surface area contributed by atoms with Gasteiger partial charge >= 0.3 is 18.2 Å². The van der Waals surface area contributed by atoms with Crippen LogP contribution in [-0.4, -0.2) is 118 Å². The molecule has 0 unspecified atom stereocenters. The van der Waals surface area contributed by atoms with Crippen LogP contribution in [0.4, 0.5) is 31.4 Å². The summed E-state index contributed by atoms with van der Waals surface area (Å²) < 4.78 is 21.3. The summed E-state index contributed by atoms with van der Waals surface area (Å²) in [5.41, 5.74) is 5.34. The van der Waals surface area contributed by atoms with Gasteiger partial charge in [0.25, 0.3) is 0 Å². The number of ether oxygens (including phenoxy) is 4. The molecule has 50 heavy (non-hydrogen) atoms. The summed E-state index contributed by atoms with van der Waals surface area (Å²) in [7, 11) is 1.33. The summed E-state index contributed by atoms with van der Waals surface area (Å²) in [6.45, 7) is 4.77. The van der Waals surface area contributed by atoms with Gasteiger partial charge in [-0.2, -0.15) is 0 Å². The Morgan fingerprint density at radius 2 is 1.08 bits per heavy atom. The van der Waals surface area contributed by atoms with E-state index in [9.17, 15) is 24.6 Å². The Bertz CT molecular complexity index is 1490. The number of hydrogen-bond donors (Lipinski definition) is 5. The molecule has 0 bridgehead atoms. The first kappa shape index (κ1) is 40.2. The first-order valence-electron chi connectivity index (χ1n) is 16.2. The molecule has 3 aromatic carbocycles. The number of nitrogens with zero attached hydrogens (tertiary/aromatic N) is 1. The van der Waals surface area contributed by atoms with Gasteiger partial charge in [0.2, 0.25) is 0 Å². The van der Waals surface area contributed by atoms with E-state index in [1.54, 1.807) is 12.1 Å². The summed E-state index contributed by atoms with van der Waals surface area (Å²) in [5, 5.41) is 27.0. The lowest BCUT2D eigenvalue weighted by Gasteiger charge is -2.21. The summed E-state index contributed by atoms with van der Waals surface area (Å²) >= 11 is 0. The molecule has 0 aliphatic rings. The van der Waals surface area contributed by atoms with Gasteiger partial charge in [-0.05, 0) is 71.5 Å². The van der Waals surface area contributed by atoms with E-state index in [0.29, 0.717) is 74.6 Å². The van der Waals surface area contributed by atoms with Crippen molar-refractivity contribution in [2.24, 2.45) is 0 Å². The zero-order chi connectivity index (χ0) is 36.0. The molecule has 3 rings (SSSR count). The van der Waals surface area contributed by atoms with Crippen molar-refractivity contribution in [3.63, 3.8) is 0 Å². The molecule has 3 aromatic rings. The van der Waals surface area contributed by atoms with E-state index in [-0.39, 0.29) is 39.5 Å². The van der Waals surface area contributed by atoms with E-state index in [1.807, 2.05) is 67.7 Å². The van der Waals surface area contributed by atoms with Crippen LogP contribution in [0.1, 0.15) is 22.3 Å². The van der Waals surface area contributed by atoms with Gasteiger partial charge in [-0.15, -0.1) is 0 Å². The normalized spacial score (nSPS) is 10.7. The van der Waals surface area contributed by atoms with Gasteiger partial charge in [-0.1, -0.05) is 43.4 Å². The average molecular weight is 723 g/mol. The zero-order valence-corrected chi connectivity index (χ0v) is 30.5. The molecule has 0 aliphatic carbocycles.